The van der Waals surface area contributed by atoms with Crippen molar-refractivity contribution in [3.63, 3.8) is 0 Å². The second-order valence-electron chi connectivity index (χ2n) is 5.20. The average molecular weight is 292 g/mol. The van der Waals surface area contributed by atoms with E-state index in [0.29, 0.717) is 5.92 Å². The molecule has 1 aromatic rings. The van der Waals surface area contributed by atoms with E-state index < -0.39 is 8.80 Å². The highest BCUT2D eigenvalue weighted by Crippen LogP contribution is 2.35. The predicted molar refractivity (Wildman–Crippen MR) is 82.5 cm³/mol. The van der Waals surface area contributed by atoms with Crippen molar-refractivity contribution in [2.45, 2.75) is 25.3 Å². The highest BCUT2D eigenvalue weighted by molar-refractivity contribution is 6.60. The number of benzene rings is 1. The van der Waals surface area contributed by atoms with Crippen molar-refractivity contribution in [3.8, 4) is 0 Å². The first kappa shape index (κ1) is 15.4. The third-order valence-electron chi connectivity index (χ3n) is 4.17. The van der Waals surface area contributed by atoms with Gasteiger partial charge in [0.2, 0.25) is 0 Å². The van der Waals surface area contributed by atoms with Crippen LogP contribution in [0.25, 0.3) is 0 Å². The normalized spacial score (nSPS) is 18.6. The van der Waals surface area contributed by atoms with Gasteiger partial charge in [-0.3, -0.25) is 0 Å². The fraction of sp³-hybridized carbons (Fsp3) is 0.500. The molecule has 1 unspecified atom stereocenters. The van der Waals surface area contributed by atoms with Crippen molar-refractivity contribution < 1.29 is 13.3 Å². The summed E-state index contributed by atoms with van der Waals surface area (Å²) in [7, 11) is 2.60. The van der Waals surface area contributed by atoms with Crippen LogP contribution >= 0.6 is 0 Å². The van der Waals surface area contributed by atoms with Crippen LogP contribution in [0.4, 0.5) is 0 Å². The number of hydrogen-bond acceptors (Lipinski definition) is 3. The van der Waals surface area contributed by atoms with Crippen LogP contribution in [-0.2, 0) is 19.7 Å². The minimum atomic E-state index is -2.43. The molecular weight excluding hydrogens is 268 g/mol. The van der Waals surface area contributed by atoms with E-state index in [1.807, 2.05) is 0 Å². The molecular formula is C16H24O3Si. The summed E-state index contributed by atoms with van der Waals surface area (Å²) in [6, 6.07) is 11.5. The molecule has 0 N–H and O–H groups in total. The minimum Gasteiger partial charge on any atom is -0.377 e. The lowest BCUT2D eigenvalue weighted by molar-refractivity contribution is 0.123. The van der Waals surface area contributed by atoms with E-state index in [1.165, 1.54) is 17.6 Å². The zero-order valence-electron chi connectivity index (χ0n) is 12.6. The molecule has 0 saturated carbocycles. The average Bonchev–Trinajstić information content (AvgIpc) is 2.50. The molecule has 20 heavy (non-hydrogen) atoms. The molecule has 0 fully saturated rings. The highest BCUT2D eigenvalue weighted by Gasteiger charge is 2.38. The third kappa shape index (κ3) is 3.58. The summed E-state index contributed by atoms with van der Waals surface area (Å²) in [5, 5.41) is 0. The van der Waals surface area contributed by atoms with Crippen LogP contribution in [-0.4, -0.2) is 30.1 Å². The molecule has 0 aliphatic heterocycles. The van der Waals surface area contributed by atoms with E-state index >= 15 is 0 Å². The molecule has 4 heteroatoms. The SMILES string of the molecule is CO[Si](CCC1=CCC1Cc1ccccc1)(OC)OC. The molecule has 1 aromatic carbocycles. The van der Waals surface area contributed by atoms with E-state index in [9.17, 15) is 0 Å². The standard InChI is InChI=1S/C16H24O3Si/c1-17-20(18-2,19-3)12-11-15-9-10-16(15)13-14-7-5-4-6-8-14/h4-9,16H,10-13H2,1-3H3. The lowest BCUT2D eigenvalue weighted by atomic mass is 9.79. The molecule has 0 radical (unpaired) electrons. The number of hydrogen-bond donors (Lipinski definition) is 0. The van der Waals surface area contributed by atoms with Gasteiger partial charge in [0.05, 0.1) is 0 Å². The van der Waals surface area contributed by atoms with Gasteiger partial charge < -0.3 is 13.3 Å². The second kappa shape index (κ2) is 7.18. The first-order chi connectivity index (χ1) is 9.73. The van der Waals surface area contributed by atoms with Crippen LogP contribution in [0.5, 0.6) is 0 Å². The van der Waals surface area contributed by atoms with Gasteiger partial charge in [-0.05, 0) is 30.7 Å². The Kier molecular flexibility index (Phi) is 5.54. The molecule has 0 bridgehead atoms. The van der Waals surface area contributed by atoms with Crippen LogP contribution in [0, 0.1) is 5.92 Å². The maximum atomic E-state index is 5.48. The summed E-state index contributed by atoms with van der Waals surface area (Å²) in [4.78, 5) is 0. The molecule has 1 aliphatic carbocycles. The van der Waals surface area contributed by atoms with Crippen molar-refractivity contribution >= 4 is 8.80 Å². The molecule has 2 rings (SSSR count). The fourth-order valence-corrected chi connectivity index (χ4v) is 4.43. The molecule has 0 spiro atoms. The molecule has 0 heterocycles. The third-order valence-corrected chi connectivity index (χ3v) is 6.90. The van der Waals surface area contributed by atoms with Gasteiger partial charge in [0, 0.05) is 27.4 Å². The Morgan fingerprint density at radius 1 is 1.05 bits per heavy atom. The maximum absolute atomic E-state index is 5.48. The maximum Gasteiger partial charge on any atom is 0.500 e. The van der Waals surface area contributed by atoms with Crippen molar-refractivity contribution in [2.24, 2.45) is 5.92 Å². The Bertz CT molecular complexity index is 432. The molecule has 3 nitrogen and oxygen atoms in total. The monoisotopic (exact) mass is 292 g/mol. The van der Waals surface area contributed by atoms with E-state index in [1.54, 1.807) is 21.3 Å². The first-order valence-corrected chi connectivity index (χ1v) is 9.04. The quantitative estimate of drug-likeness (QED) is 0.542. The minimum absolute atomic E-state index is 0.676. The second-order valence-corrected chi connectivity index (χ2v) is 8.29. The van der Waals surface area contributed by atoms with Gasteiger partial charge in [-0.1, -0.05) is 42.0 Å². The van der Waals surface area contributed by atoms with E-state index in [2.05, 4.69) is 36.4 Å². The van der Waals surface area contributed by atoms with Crippen LogP contribution in [0.2, 0.25) is 6.04 Å². The largest absolute Gasteiger partial charge is 0.500 e. The fourth-order valence-electron chi connectivity index (χ4n) is 2.72. The van der Waals surface area contributed by atoms with Crippen molar-refractivity contribution in [1.82, 2.24) is 0 Å². The Hall–Kier alpha value is -0.943. The Morgan fingerprint density at radius 3 is 2.20 bits per heavy atom. The van der Waals surface area contributed by atoms with E-state index in [-0.39, 0.29) is 0 Å². The molecule has 0 saturated heterocycles. The highest BCUT2D eigenvalue weighted by atomic mass is 28.4. The zero-order valence-corrected chi connectivity index (χ0v) is 13.6. The lowest BCUT2D eigenvalue weighted by Crippen LogP contribution is -2.43. The van der Waals surface area contributed by atoms with Gasteiger partial charge in [-0.15, -0.1) is 0 Å². The topological polar surface area (TPSA) is 27.7 Å². The summed E-state index contributed by atoms with van der Waals surface area (Å²) >= 11 is 0. The van der Waals surface area contributed by atoms with Crippen molar-refractivity contribution in [2.75, 3.05) is 21.3 Å². The number of allylic oxidation sites excluding steroid dienone is 2. The van der Waals surface area contributed by atoms with E-state index in [4.69, 9.17) is 13.3 Å². The van der Waals surface area contributed by atoms with Gasteiger partial charge in [0.25, 0.3) is 0 Å². The van der Waals surface area contributed by atoms with Gasteiger partial charge in [0.15, 0.2) is 0 Å². The Balaban J connectivity index is 1.85. The Labute approximate surface area is 122 Å². The van der Waals surface area contributed by atoms with Crippen molar-refractivity contribution in [1.29, 1.82) is 0 Å². The zero-order chi connectivity index (χ0) is 14.4. The van der Waals surface area contributed by atoms with Crippen LogP contribution in [0.3, 0.4) is 0 Å². The van der Waals surface area contributed by atoms with Gasteiger partial charge >= 0.3 is 8.80 Å². The van der Waals surface area contributed by atoms with Gasteiger partial charge in [-0.2, -0.15) is 0 Å². The predicted octanol–water partition coefficient (Wildman–Crippen LogP) is 3.44. The van der Waals surface area contributed by atoms with Crippen molar-refractivity contribution in [3.05, 3.63) is 47.5 Å². The number of rotatable bonds is 8. The summed E-state index contributed by atoms with van der Waals surface area (Å²) in [5.74, 6) is 0.676. The smallest absolute Gasteiger partial charge is 0.377 e. The van der Waals surface area contributed by atoms with Gasteiger partial charge in [0.1, 0.15) is 0 Å². The van der Waals surface area contributed by atoms with Crippen LogP contribution in [0.15, 0.2) is 42.0 Å². The Morgan fingerprint density at radius 2 is 1.70 bits per heavy atom. The molecule has 110 valence electrons. The van der Waals surface area contributed by atoms with Gasteiger partial charge in [-0.25, -0.2) is 0 Å². The first-order valence-electron chi connectivity index (χ1n) is 7.11. The summed E-state index contributed by atoms with van der Waals surface area (Å²) < 4.78 is 16.4. The molecule has 0 aromatic heterocycles. The van der Waals surface area contributed by atoms with Crippen LogP contribution < -0.4 is 0 Å². The summed E-state index contributed by atoms with van der Waals surface area (Å²) in [6.07, 6.45) is 5.67. The molecule has 1 aliphatic rings. The molecule has 1 atom stereocenters. The summed E-state index contributed by atoms with van der Waals surface area (Å²) in [5.41, 5.74) is 2.94. The van der Waals surface area contributed by atoms with Crippen LogP contribution in [0.1, 0.15) is 18.4 Å². The molecule has 0 amide bonds. The summed E-state index contributed by atoms with van der Waals surface area (Å²) in [6.45, 7) is 0. The lowest BCUT2D eigenvalue weighted by Gasteiger charge is -2.30. The van der Waals surface area contributed by atoms with E-state index in [0.717, 1.165) is 18.9 Å².